The minimum Gasteiger partial charge on any atom is -0.103 e. The average molecular weight is 377 g/mol. The van der Waals surface area contributed by atoms with Crippen molar-refractivity contribution in [2.75, 3.05) is 0 Å². The van der Waals surface area contributed by atoms with Crippen molar-refractivity contribution in [3.05, 3.63) is 0 Å². The number of hydrogen-bond acceptors (Lipinski definition) is 0. The van der Waals surface area contributed by atoms with Crippen molar-refractivity contribution in [3.8, 4) is 11.8 Å². The van der Waals surface area contributed by atoms with Crippen molar-refractivity contribution < 1.29 is 0 Å². The van der Waals surface area contributed by atoms with Gasteiger partial charge < -0.3 is 0 Å². The quantitative estimate of drug-likeness (QED) is 0.155. The Hall–Kier alpha value is -0.440. The topological polar surface area (TPSA) is 0 Å². The van der Waals surface area contributed by atoms with Crippen LogP contribution in [0.4, 0.5) is 0 Å². The van der Waals surface area contributed by atoms with E-state index in [0.29, 0.717) is 0 Å². The molecule has 2 unspecified atom stereocenters. The van der Waals surface area contributed by atoms with Crippen LogP contribution in [-0.2, 0) is 0 Å². The molecule has 0 radical (unpaired) electrons. The zero-order valence-electron chi connectivity index (χ0n) is 19.6. The maximum atomic E-state index is 3.48. The van der Waals surface area contributed by atoms with Crippen LogP contribution in [0.5, 0.6) is 0 Å². The molecule has 0 amide bonds. The molecule has 0 aliphatic rings. The summed E-state index contributed by atoms with van der Waals surface area (Å²) in [4.78, 5) is 0. The second kappa shape index (κ2) is 21.9. The van der Waals surface area contributed by atoms with E-state index in [9.17, 15) is 0 Å². The largest absolute Gasteiger partial charge is 0.103 e. The zero-order chi connectivity index (χ0) is 20.0. The van der Waals surface area contributed by atoms with E-state index >= 15 is 0 Å². The SMILES string of the molecule is CCCCCCCCCCC#CCCC(CCCCCCCC)C(C)CC. The van der Waals surface area contributed by atoms with Crippen molar-refractivity contribution >= 4 is 0 Å². The molecule has 0 rings (SSSR count). The first-order valence-corrected chi connectivity index (χ1v) is 12.7. The van der Waals surface area contributed by atoms with Gasteiger partial charge in [-0.05, 0) is 24.7 Å². The van der Waals surface area contributed by atoms with Gasteiger partial charge in [0, 0.05) is 12.8 Å². The Morgan fingerprint density at radius 1 is 0.519 bits per heavy atom. The van der Waals surface area contributed by atoms with Crippen LogP contribution in [0.3, 0.4) is 0 Å². The van der Waals surface area contributed by atoms with Gasteiger partial charge >= 0.3 is 0 Å². The van der Waals surface area contributed by atoms with E-state index in [1.165, 1.54) is 109 Å². The van der Waals surface area contributed by atoms with Crippen LogP contribution in [0.2, 0.25) is 0 Å². The molecule has 2 atom stereocenters. The molecule has 0 spiro atoms. The Morgan fingerprint density at radius 3 is 1.56 bits per heavy atom. The lowest BCUT2D eigenvalue weighted by atomic mass is 9.84. The Bertz CT molecular complexity index is 332. The van der Waals surface area contributed by atoms with E-state index in [1.807, 2.05) is 0 Å². The van der Waals surface area contributed by atoms with Crippen LogP contribution < -0.4 is 0 Å². The summed E-state index contributed by atoms with van der Waals surface area (Å²) in [5, 5.41) is 0. The van der Waals surface area contributed by atoms with Crippen LogP contribution in [0, 0.1) is 23.7 Å². The third-order valence-corrected chi connectivity index (χ3v) is 6.30. The van der Waals surface area contributed by atoms with Crippen molar-refractivity contribution in [1.29, 1.82) is 0 Å². The molecule has 0 nitrogen and oxygen atoms in total. The zero-order valence-corrected chi connectivity index (χ0v) is 19.6. The molecule has 0 aromatic rings. The Balaban J connectivity index is 3.70. The van der Waals surface area contributed by atoms with Crippen LogP contribution >= 0.6 is 0 Å². The Kier molecular flexibility index (Phi) is 21.5. The summed E-state index contributed by atoms with van der Waals surface area (Å²) >= 11 is 0. The molecular weight excluding hydrogens is 324 g/mol. The molecule has 0 bridgehead atoms. The lowest BCUT2D eigenvalue weighted by molar-refractivity contribution is 0.300. The summed E-state index contributed by atoms with van der Waals surface area (Å²) in [5.41, 5.74) is 0. The van der Waals surface area contributed by atoms with Gasteiger partial charge in [-0.1, -0.05) is 124 Å². The molecule has 0 N–H and O–H groups in total. The van der Waals surface area contributed by atoms with E-state index < -0.39 is 0 Å². The van der Waals surface area contributed by atoms with Gasteiger partial charge in [-0.25, -0.2) is 0 Å². The second-order valence-electron chi connectivity index (χ2n) is 8.82. The lowest BCUT2D eigenvalue weighted by Crippen LogP contribution is -2.11. The molecule has 0 fully saturated rings. The van der Waals surface area contributed by atoms with Gasteiger partial charge in [0.2, 0.25) is 0 Å². The molecule has 0 saturated carbocycles. The fourth-order valence-corrected chi connectivity index (χ4v) is 4.02. The highest BCUT2D eigenvalue weighted by Gasteiger charge is 2.14. The minimum absolute atomic E-state index is 0.871. The van der Waals surface area contributed by atoms with Gasteiger partial charge in [-0.2, -0.15) is 0 Å². The predicted octanol–water partition coefficient (Wildman–Crippen LogP) is 9.71. The lowest BCUT2D eigenvalue weighted by Gasteiger charge is -2.22. The smallest absolute Gasteiger partial charge is 0.00914 e. The second-order valence-corrected chi connectivity index (χ2v) is 8.82. The van der Waals surface area contributed by atoms with Gasteiger partial charge in [0.25, 0.3) is 0 Å². The summed E-state index contributed by atoms with van der Waals surface area (Å²) in [7, 11) is 0. The first-order valence-electron chi connectivity index (χ1n) is 12.7. The van der Waals surface area contributed by atoms with Crippen molar-refractivity contribution in [3.63, 3.8) is 0 Å². The molecule has 0 heterocycles. The molecular formula is C27H52. The van der Waals surface area contributed by atoms with Gasteiger partial charge in [0.1, 0.15) is 0 Å². The molecule has 0 heteroatoms. The normalized spacial score (nSPS) is 13.2. The minimum atomic E-state index is 0.871. The van der Waals surface area contributed by atoms with Gasteiger partial charge in [0.15, 0.2) is 0 Å². The van der Waals surface area contributed by atoms with E-state index in [2.05, 4.69) is 39.5 Å². The average Bonchev–Trinajstić information content (AvgIpc) is 2.69. The highest BCUT2D eigenvalue weighted by atomic mass is 14.2. The summed E-state index contributed by atoms with van der Waals surface area (Å²) in [5.74, 6) is 8.70. The fraction of sp³-hybridized carbons (Fsp3) is 0.926. The summed E-state index contributed by atoms with van der Waals surface area (Å²) in [6.45, 7) is 9.40. The van der Waals surface area contributed by atoms with Crippen molar-refractivity contribution in [2.45, 2.75) is 150 Å². The van der Waals surface area contributed by atoms with Crippen LogP contribution in [0.15, 0.2) is 0 Å². The van der Waals surface area contributed by atoms with E-state index in [4.69, 9.17) is 0 Å². The molecule has 160 valence electrons. The van der Waals surface area contributed by atoms with Crippen LogP contribution in [0.25, 0.3) is 0 Å². The van der Waals surface area contributed by atoms with Crippen molar-refractivity contribution in [2.24, 2.45) is 11.8 Å². The van der Waals surface area contributed by atoms with Gasteiger partial charge in [-0.15, -0.1) is 11.8 Å². The highest BCUT2D eigenvalue weighted by molar-refractivity contribution is 4.99. The van der Waals surface area contributed by atoms with Gasteiger partial charge in [-0.3, -0.25) is 0 Å². The molecule has 0 aromatic carbocycles. The monoisotopic (exact) mass is 376 g/mol. The standard InChI is InChI=1S/C27H52/c1-5-8-10-12-14-15-16-17-18-19-21-23-25-27(26(4)7-3)24-22-20-13-11-9-6-2/h26-27H,5-18,20,22-25H2,1-4H3. The first-order chi connectivity index (χ1) is 13.3. The molecule has 0 aromatic heterocycles. The summed E-state index contributed by atoms with van der Waals surface area (Å²) < 4.78 is 0. The molecule has 0 saturated heterocycles. The fourth-order valence-electron chi connectivity index (χ4n) is 4.02. The Labute approximate surface area is 173 Å². The molecule has 27 heavy (non-hydrogen) atoms. The third-order valence-electron chi connectivity index (χ3n) is 6.30. The Morgan fingerprint density at radius 2 is 1.00 bits per heavy atom. The number of unbranched alkanes of at least 4 members (excludes halogenated alkanes) is 13. The van der Waals surface area contributed by atoms with E-state index in [-0.39, 0.29) is 0 Å². The van der Waals surface area contributed by atoms with Crippen LogP contribution in [-0.4, -0.2) is 0 Å². The molecule has 0 aliphatic heterocycles. The predicted molar refractivity (Wildman–Crippen MR) is 125 cm³/mol. The first kappa shape index (κ1) is 26.6. The van der Waals surface area contributed by atoms with E-state index in [1.54, 1.807) is 0 Å². The number of rotatable bonds is 19. The van der Waals surface area contributed by atoms with E-state index in [0.717, 1.165) is 24.7 Å². The third kappa shape index (κ3) is 18.7. The van der Waals surface area contributed by atoms with Crippen LogP contribution in [0.1, 0.15) is 150 Å². The maximum absolute atomic E-state index is 3.48. The summed E-state index contributed by atoms with van der Waals surface area (Å²) in [6, 6.07) is 0. The molecule has 0 aliphatic carbocycles. The number of hydrogen-bond donors (Lipinski definition) is 0. The van der Waals surface area contributed by atoms with Gasteiger partial charge in [0.05, 0.1) is 0 Å². The highest BCUT2D eigenvalue weighted by Crippen LogP contribution is 2.26. The van der Waals surface area contributed by atoms with Crippen molar-refractivity contribution in [1.82, 2.24) is 0 Å². The maximum Gasteiger partial charge on any atom is 0.00914 e. The summed E-state index contributed by atoms with van der Waals surface area (Å²) in [6.07, 6.45) is 26.1.